The van der Waals surface area contributed by atoms with E-state index in [1.807, 2.05) is 22.9 Å². The maximum absolute atomic E-state index is 9.75. The molecule has 1 aliphatic carbocycles. The fraction of sp³-hybridized carbons (Fsp3) is 0.176. The lowest BCUT2D eigenvalue weighted by Crippen LogP contribution is -1.98. The van der Waals surface area contributed by atoms with Crippen LogP contribution in [0.5, 0.6) is 5.75 Å². The Labute approximate surface area is 127 Å². The molecule has 3 aromatic rings. The summed E-state index contributed by atoms with van der Waals surface area (Å²) in [5.41, 5.74) is 11.0. The van der Waals surface area contributed by atoms with Crippen LogP contribution in [0.15, 0.2) is 42.9 Å². The van der Waals surface area contributed by atoms with Crippen molar-refractivity contribution in [2.75, 3.05) is 5.73 Å². The largest absolute Gasteiger partial charge is 0.508 e. The summed E-state index contributed by atoms with van der Waals surface area (Å²) in [7, 11) is 0. The number of anilines is 1. The topological polar surface area (TPSA) is 77.0 Å². The number of nitrogen functional groups attached to an aromatic ring is 1. The zero-order valence-electron chi connectivity index (χ0n) is 12.0. The van der Waals surface area contributed by atoms with Crippen molar-refractivity contribution in [3.8, 4) is 11.4 Å². The number of hydrogen-bond acceptors (Lipinski definition) is 4. The maximum atomic E-state index is 9.75. The quantitative estimate of drug-likeness (QED) is 0.760. The Morgan fingerprint density at radius 1 is 1.23 bits per heavy atom. The van der Waals surface area contributed by atoms with Gasteiger partial charge in [-0.15, -0.1) is 0 Å². The molecule has 2 heterocycles. The van der Waals surface area contributed by atoms with Gasteiger partial charge in [-0.2, -0.15) is 0 Å². The number of benzene rings is 1. The van der Waals surface area contributed by atoms with E-state index in [1.165, 1.54) is 18.3 Å². The molecule has 2 aromatic heterocycles. The molecule has 3 N–H and O–H groups in total. The van der Waals surface area contributed by atoms with E-state index in [1.54, 1.807) is 12.1 Å². The molecular weight excluding hydrogens is 276 g/mol. The molecule has 5 heteroatoms. The third kappa shape index (κ3) is 1.94. The van der Waals surface area contributed by atoms with Crippen molar-refractivity contribution in [1.82, 2.24) is 14.5 Å². The zero-order valence-corrected chi connectivity index (χ0v) is 12.0. The molecule has 1 aliphatic rings. The number of hydrogen-bond donors (Lipinski definition) is 2. The Morgan fingerprint density at radius 3 is 2.91 bits per heavy atom. The van der Waals surface area contributed by atoms with Gasteiger partial charge in [0.2, 0.25) is 0 Å². The number of fused-ring (bicyclic) bond motifs is 1. The summed E-state index contributed by atoms with van der Waals surface area (Å²) in [4.78, 5) is 8.56. The number of nitrogens with two attached hydrogens (primary N) is 1. The predicted octanol–water partition coefficient (Wildman–Crippen LogP) is 3.28. The van der Waals surface area contributed by atoms with Gasteiger partial charge in [-0.05, 0) is 37.0 Å². The zero-order chi connectivity index (χ0) is 15.1. The number of phenols is 1. The first-order valence-corrected chi connectivity index (χ1v) is 7.34. The number of allylic oxidation sites excluding steroid dienone is 2. The minimum Gasteiger partial charge on any atom is -0.508 e. The molecule has 110 valence electrons. The molecule has 0 amide bonds. The summed E-state index contributed by atoms with van der Waals surface area (Å²) in [6, 6.07) is 7.09. The lowest BCUT2D eigenvalue weighted by atomic mass is 10.1. The van der Waals surface area contributed by atoms with Crippen LogP contribution in [0.3, 0.4) is 0 Å². The number of aromatic nitrogens is 3. The van der Waals surface area contributed by atoms with Gasteiger partial charge in [0.05, 0.1) is 0 Å². The Hall–Kier alpha value is -2.82. The van der Waals surface area contributed by atoms with Gasteiger partial charge in [0, 0.05) is 23.5 Å². The van der Waals surface area contributed by atoms with E-state index in [9.17, 15) is 5.11 Å². The molecule has 0 aliphatic heterocycles. The molecule has 0 unspecified atom stereocenters. The third-order valence-electron chi connectivity index (χ3n) is 4.10. The van der Waals surface area contributed by atoms with E-state index in [2.05, 4.69) is 16.0 Å². The summed E-state index contributed by atoms with van der Waals surface area (Å²) in [6.45, 7) is 0. The van der Waals surface area contributed by atoms with Crippen LogP contribution in [-0.2, 0) is 0 Å². The molecule has 0 spiro atoms. The highest BCUT2D eigenvalue weighted by atomic mass is 16.3. The number of rotatable bonds is 2. The van der Waals surface area contributed by atoms with Gasteiger partial charge < -0.3 is 15.4 Å². The summed E-state index contributed by atoms with van der Waals surface area (Å²) in [5.74, 6) is 0.662. The molecule has 0 fully saturated rings. The fourth-order valence-electron chi connectivity index (χ4n) is 3.08. The second-order valence-electron chi connectivity index (χ2n) is 5.51. The molecular formula is C17H16N4O. The van der Waals surface area contributed by atoms with E-state index in [0.29, 0.717) is 5.82 Å². The van der Waals surface area contributed by atoms with Gasteiger partial charge >= 0.3 is 0 Å². The number of phenolic OH excluding ortho intramolecular Hbond substituents is 1. The van der Waals surface area contributed by atoms with Crippen molar-refractivity contribution in [2.24, 2.45) is 0 Å². The van der Waals surface area contributed by atoms with Crippen LogP contribution in [-0.4, -0.2) is 19.6 Å². The SMILES string of the molecule is Nc1ncnc2c(C3=CCCC3)cn(-c3cccc(O)c3)c12. The first-order chi connectivity index (χ1) is 10.7. The first kappa shape index (κ1) is 12.9. The van der Waals surface area contributed by atoms with Crippen LogP contribution in [0.2, 0.25) is 0 Å². The van der Waals surface area contributed by atoms with Gasteiger partial charge in [-0.1, -0.05) is 12.1 Å². The van der Waals surface area contributed by atoms with Crippen molar-refractivity contribution in [1.29, 1.82) is 0 Å². The van der Waals surface area contributed by atoms with Crippen LogP contribution in [0.25, 0.3) is 22.3 Å². The normalized spacial score (nSPS) is 14.5. The molecule has 0 bridgehead atoms. The highest BCUT2D eigenvalue weighted by Crippen LogP contribution is 2.35. The minimum atomic E-state index is 0.219. The van der Waals surface area contributed by atoms with Crippen molar-refractivity contribution in [3.63, 3.8) is 0 Å². The van der Waals surface area contributed by atoms with Crippen LogP contribution >= 0.6 is 0 Å². The molecule has 0 atom stereocenters. The smallest absolute Gasteiger partial charge is 0.151 e. The molecule has 0 saturated heterocycles. The van der Waals surface area contributed by atoms with E-state index in [0.717, 1.165) is 35.1 Å². The van der Waals surface area contributed by atoms with Crippen molar-refractivity contribution in [2.45, 2.75) is 19.3 Å². The van der Waals surface area contributed by atoms with Gasteiger partial charge in [-0.3, -0.25) is 0 Å². The predicted molar refractivity (Wildman–Crippen MR) is 86.8 cm³/mol. The van der Waals surface area contributed by atoms with Gasteiger partial charge in [0.25, 0.3) is 0 Å². The molecule has 0 saturated carbocycles. The van der Waals surface area contributed by atoms with Gasteiger partial charge in [0.15, 0.2) is 5.82 Å². The van der Waals surface area contributed by atoms with Crippen LogP contribution in [0, 0.1) is 0 Å². The van der Waals surface area contributed by atoms with Crippen LogP contribution in [0.1, 0.15) is 24.8 Å². The standard InChI is InChI=1S/C17H16N4O/c18-17-16-15(19-10-20-17)14(11-4-1-2-5-11)9-21(16)12-6-3-7-13(22)8-12/h3-4,6-10,22H,1-2,5H2,(H2,18,19,20). The minimum absolute atomic E-state index is 0.219. The highest BCUT2D eigenvalue weighted by Gasteiger charge is 2.18. The van der Waals surface area contributed by atoms with E-state index in [4.69, 9.17) is 5.73 Å². The van der Waals surface area contributed by atoms with Crippen molar-refractivity contribution >= 4 is 22.4 Å². The Bertz CT molecular complexity index is 895. The molecule has 5 nitrogen and oxygen atoms in total. The first-order valence-electron chi connectivity index (χ1n) is 7.34. The highest BCUT2D eigenvalue weighted by molar-refractivity contribution is 5.96. The van der Waals surface area contributed by atoms with Gasteiger partial charge in [-0.25, -0.2) is 9.97 Å². The summed E-state index contributed by atoms with van der Waals surface area (Å²) in [6.07, 6.45) is 9.15. The van der Waals surface area contributed by atoms with Crippen LogP contribution in [0.4, 0.5) is 5.82 Å². The molecule has 22 heavy (non-hydrogen) atoms. The van der Waals surface area contributed by atoms with Crippen molar-refractivity contribution in [3.05, 3.63) is 48.4 Å². The average Bonchev–Trinajstić information content (AvgIpc) is 3.15. The van der Waals surface area contributed by atoms with Gasteiger partial charge in [0.1, 0.15) is 23.1 Å². The lowest BCUT2D eigenvalue weighted by molar-refractivity contribution is 0.475. The summed E-state index contributed by atoms with van der Waals surface area (Å²) >= 11 is 0. The second-order valence-corrected chi connectivity index (χ2v) is 5.51. The van der Waals surface area contributed by atoms with E-state index >= 15 is 0 Å². The Kier molecular flexibility index (Phi) is 2.85. The molecule has 0 radical (unpaired) electrons. The molecule has 1 aromatic carbocycles. The van der Waals surface area contributed by atoms with E-state index < -0.39 is 0 Å². The van der Waals surface area contributed by atoms with Crippen LogP contribution < -0.4 is 5.73 Å². The number of aromatic hydroxyl groups is 1. The third-order valence-corrected chi connectivity index (χ3v) is 4.10. The second kappa shape index (κ2) is 4.87. The number of nitrogens with zero attached hydrogens (tertiary/aromatic N) is 3. The Balaban J connectivity index is 2.02. The van der Waals surface area contributed by atoms with Crippen molar-refractivity contribution < 1.29 is 5.11 Å². The molecule has 4 rings (SSSR count). The Morgan fingerprint density at radius 2 is 2.14 bits per heavy atom. The maximum Gasteiger partial charge on any atom is 0.151 e. The monoisotopic (exact) mass is 292 g/mol. The summed E-state index contributed by atoms with van der Waals surface area (Å²) in [5, 5.41) is 9.75. The fourth-order valence-corrected chi connectivity index (χ4v) is 3.08. The lowest BCUT2D eigenvalue weighted by Gasteiger charge is -2.06. The van der Waals surface area contributed by atoms with E-state index in [-0.39, 0.29) is 5.75 Å². The average molecular weight is 292 g/mol. The summed E-state index contributed by atoms with van der Waals surface area (Å²) < 4.78 is 1.96.